The molecule has 7 heteroatoms. The third-order valence-corrected chi connectivity index (χ3v) is 3.82. The first-order valence-electron chi connectivity index (χ1n) is 7.35. The molecule has 0 spiro atoms. The van der Waals surface area contributed by atoms with E-state index in [0.717, 1.165) is 18.8 Å². The average molecular weight is 307 g/mol. The molecule has 0 amide bonds. The van der Waals surface area contributed by atoms with Crippen LogP contribution in [0.2, 0.25) is 5.28 Å². The number of nitrogens with zero attached hydrogens (tertiary/aromatic N) is 3. The number of anilines is 3. The molecule has 2 heterocycles. The van der Waals surface area contributed by atoms with Gasteiger partial charge in [0.1, 0.15) is 11.6 Å². The zero-order valence-electron chi connectivity index (χ0n) is 12.0. The number of hydrogen-bond acceptors (Lipinski definition) is 5. The Morgan fingerprint density at radius 2 is 2.05 bits per heavy atom. The zero-order chi connectivity index (χ0) is 14.7. The lowest BCUT2D eigenvalue weighted by Gasteiger charge is -2.23. The minimum Gasteiger partial charge on any atom is -0.370 e. The molecule has 0 saturated heterocycles. The molecular formula is C14H19ClN6. The predicted octanol–water partition coefficient (Wildman–Crippen LogP) is 3.69. The van der Waals surface area contributed by atoms with Crippen LogP contribution in [0.1, 0.15) is 44.2 Å². The van der Waals surface area contributed by atoms with Crippen LogP contribution in [0.4, 0.5) is 17.5 Å². The normalized spacial score (nSPS) is 14.8. The van der Waals surface area contributed by atoms with E-state index < -0.39 is 0 Å². The first-order chi connectivity index (χ1) is 10.2. The number of H-pyrrole nitrogens is 1. The fourth-order valence-electron chi connectivity index (χ4n) is 2.29. The van der Waals surface area contributed by atoms with Crippen LogP contribution >= 0.6 is 11.6 Å². The maximum absolute atomic E-state index is 5.95. The van der Waals surface area contributed by atoms with Crippen molar-refractivity contribution in [3.05, 3.63) is 23.1 Å². The van der Waals surface area contributed by atoms with E-state index in [-0.39, 0.29) is 5.28 Å². The van der Waals surface area contributed by atoms with Crippen LogP contribution in [0, 0.1) is 0 Å². The third-order valence-electron chi connectivity index (χ3n) is 3.65. The summed E-state index contributed by atoms with van der Waals surface area (Å²) in [6.07, 6.45) is 4.81. The summed E-state index contributed by atoms with van der Waals surface area (Å²) in [4.78, 5) is 8.32. The second-order valence-electron chi connectivity index (χ2n) is 5.30. The van der Waals surface area contributed by atoms with Crippen molar-refractivity contribution in [1.29, 1.82) is 0 Å². The van der Waals surface area contributed by atoms with E-state index in [1.807, 2.05) is 12.1 Å². The topological polar surface area (TPSA) is 78.5 Å². The van der Waals surface area contributed by atoms with Gasteiger partial charge in [-0.25, -0.2) is 9.97 Å². The van der Waals surface area contributed by atoms with Gasteiger partial charge in [-0.3, -0.25) is 5.10 Å². The van der Waals surface area contributed by atoms with Crippen molar-refractivity contribution < 1.29 is 0 Å². The molecule has 0 unspecified atom stereocenters. The number of hydrogen-bond donors (Lipinski definition) is 3. The van der Waals surface area contributed by atoms with Gasteiger partial charge in [0.2, 0.25) is 5.28 Å². The molecule has 112 valence electrons. The Hall–Kier alpha value is -1.82. The zero-order valence-corrected chi connectivity index (χ0v) is 12.7. The first-order valence-corrected chi connectivity index (χ1v) is 7.73. The Morgan fingerprint density at radius 3 is 2.76 bits per heavy atom. The number of nitrogens with one attached hydrogen (secondary N) is 3. The smallest absolute Gasteiger partial charge is 0.226 e. The summed E-state index contributed by atoms with van der Waals surface area (Å²) < 4.78 is 0. The lowest BCUT2D eigenvalue weighted by atomic mass is 9.83. The lowest BCUT2D eigenvalue weighted by Crippen LogP contribution is -2.08. The van der Waals surface area contributed by atoms with Gasteiger partial charge in [0.05, 0.1) is 0 Å². The van der Waals surface area contributed by atoms with E-state index >= 15 is 0 Å². The second kappa shape index (κ2) is 6.30. The van der Waals surface area contributed by atoms with Gasteiger partial charge < -0.3 is 10.6 Å². The fraction of sp³-hybridized carbons (Fsp3) is 0.500. The van der Waals surface area contributed by atoms with E-state index in [1.165, 1.54) is 25.0 Å². The van der Waals surface area contributed by atoms with Gasteiger partial charge in [-0.1, -0.05) is 13.3 Å². The molecule has 3 rings (SSSR count). The van der Waals surface area contributed by atoms with Crippen LogP contribution in [0.5, 0.6) is 0 Å². The molecule has 1 saturated carbocycles. The molecule has 2 aromatic rings. The van der Waals surface area contributed by atoms with Gasteiger partial charge in [0.25, 0.3) is 0 Å². The Labute approximate surface area is 128 Å². The summed E-state index contributed by atoms with van der Waals surface area (Å²) in [5.74, 6) is 2.74. The van der Waals surface area contributed by atoms with Gasteiger partial charge in [0.15, 0.2) is 5.82 Å². The summed E-state index contributed by atoms with van der Waals surface area (Å²) in [6.45, 7) is 2.95. The quantitative estimate of drug-likeness (QED) is 0.709. The standard InChI is InChI=1S/C14H19ClN6/c1-2-6-16-11-8-12(19-14(15)18-11)17-13-7-10(20-21-13)9-4-3-5-9/h7-9H,2-6H2,1H3,(H3,16,17,18,19,20,21). The molecule has 21 heavy (non-hydrogen) atoms. The van der Waals surface area contributed by atoms with Crippen LogP contribution in [0.15, 0.2) is 12.1 Å². The number of aromatic nitrogens is 4. The van der Waals surface area contributed by atoms with Crippen LogP contribution in [0.3, 0.4) is 0 Å². The Balaban J connectivity index is 1.71. The molecule has 0 atom stereocenters. The van der Waals surface area contributed by atoms with Crippen molar-refractivity contribution in [3.63, 3.8) is 0 Å². The first kappa shape index (κ1) is 14.1. The van der Waals surface area contributed by atoms with Crippen molar-refractivity contribution in [2.24, 2.45) is 0 Å². The highest BCUT2D eigenvalue weighted by atomic mass is 35.5. The molecule has 1 aliphatic rings. The molecule has 0 radical (unpaired) electrons. The van der Waals surface area contributed by atoms with Crippen molar-refractivity contribution in [1.82, 2.24) is 20.2 Å². The van der Waals surface area contributed by atoms with Gasteiger partial charge in [-0.15, -0.1) is 0 Å². The maximum atomic E-state index is 5.95. The molecule has 1 fully saturated rings. The Bertz CT molecular complexity index is 607. The van der Waals surface area contributed by atoms with Crippen molar-refractivity contribution in [2.75, 3.05) is 17.2 Å². The molecule has 0 bridgehead atoms. The summed E-state index contributed by atoms with van der Waals surface area (Å²) in [5.41, 5.74) is 1.19. The Morgan fingerprint density at radius 1 is 1.24 bits per heavy atom. The minimum atomic E-state index is 0.216. The van der Waals surface area contributed by atoms with Crippen LogP contribution in [-0.4, -0.2) is 26.7 Å². The highest BCUT2D eigenvalue weighted by Crippen LogP contribution is 2.36. The van der Waals surface area contributed by atoms with E-state index in [1.54, 1.807) is 0 Å². The van der Waals surface area contributed by atoms with E-state index in [9.17, 15) is 0 Å². The third kappa shape index (κ3) is 3.44. The number of aromatic amines is 1. The monoisotopic (exact) mass is 306 g/mol. The fourth-order valence-corrected chi connectivity index (χ4v) is 2.47. The van der Waals surface area contributed by atoms with Crippen molar-refractivity contribution in [2.45, 2.75) is 38.5 Å². The second-order valence-corrected chi connectivity index (χ2v) is 5.63. The van der Waals surface area contributed by atoms with Crippen molar-refractivity contribution in [3.8, 4) is 0 Å². The van der Waals surface area contributed by atoms with Gasteiger partial charge in [0, 0.05) is 30.3 Å². The largest absolute Gasteiger partial charge is 0.370 e. The molecule has 0 aromatic carbocycles. The molecule has 3 N–H and O–H groups in total. The van der Waals surface area contributed by atoms with Gasteiger partial charge in [-0.2, -0.15) is 5.10 Å². The molecule has 2 aromatic heterocycles. The van der Waals surface area contributed by atoms with Gasteiger partial charge >= 0.3 is 0 Å². The van der Waals surface area contributed by atoms with Crippen LogP contribution in [-0.2, 0) is 0 Å². The number of halogens is 1. The summed E-state index contributed by atoms with van der Waals surface area (Å²) in [6, 6.07) is 3.87. The van der Waals surface area contributed by atoms with E-state index in [0.29, 0.717) is 17.6 Å². The van der Waals surface area contributed by atoms with Crippen LogP contribution in [0.25, 0.3) is 0 Å². The Kier molecular flexibility index (Phi) is 4.24. The SMILES string of the molecule is CCCNc1cc(Nc2cc(C3CCC3)[nH]n2)nc(Cl)n1. The van der Waals surface area contributed by atoms with Gasteiger partial charge in [-0.05, 0) is 30.9 Å². The summed E-state index contributed by atoms with van der Waals surface area (Å²) in [5, 5.41) is 13.9. The maximum Gasteiger partial charge on any atom is 0.226 e. The van der Waals surface area contributed by atoms with Crippen LogP contribution < -0.4 is 10.6 Å². The molecule has 0 aliphatic heterocycles. The average Bonchev–Trinajstić information content (AvgIpc) is 2.81. The highest BCUT2D eigenvalue weighted by Gasteiger charge is 2.21. The van der Waals surface area contributed by atoms with E-state index in [2.05, 4.69) is 37.7 Å². The summed E-state index contributed by atoms with van der Waals surface area (Å²) >= 11 is 5.95. The van der Waals surface area contributed by atoms with E-state index in [4.69, 9.17) is 11.6 Å². The predicted molar refractivity (Wildman–Crippen MR) is 84.3 cm³/mol. The molecule has 6 nitrogen and oxygen atoms in total. The minimum absolute atomic E-state index is 0.216. The molecule has 1 aliphatic carbocycles. The summed E-state index contributed by atoms with van der Waals surface area (Å²) in [7, 11) is 0. The highest BCUT2D eigenvalue weighted by molar-refractivity contribution is 6.28. The number of rotatable bonds is 6. The molecular weight excluding hydrogens is 288 g/mol. The lowest BCUT2D eigenvalue weighted by molar-refractivity contribution is 0.410. The van der Waals surface area contributed by atoms with Crippen molar-refractivity contribution >= 4 is 29.1 Å².